The summed E-state index contributed by atoms with van der Waals surface area (Å²) in [4.78, 5) is 15.0. The summed E-state index contributed by atoms with van der Waals surface area (Å²) in [6, 6.07) is 7.07. The van der Waals surface area contributed by atoms with Gasteiger partial charge in [0.25, 0.3) is 0 Å². The second kappa shape index (κ2) is 4.08. The molecule has 0 spiro atoms. The predicted octanol–water partition coefficient (Wildman–Crippen LogP) is 0.944. The fraction of sp³-hybridized carbons (Fsp3) is 0.200. The van der Waals surface area contributed by atoms with E-state index in [4.69, 9.17) is 5.73 Å². The van der Waals surface area contributed by atoms with Gasteiger partial charge in [-0.05, 0) is 19.1 Å². The number of primary amides is 1. The molecule has 1 heterocycles. The van der Waals surface area contributed by atoms with Crippen molar-refractivity contribution < 1.29 is 13.2 Å². The molecule has 7 heteroatoms. The van der Waals surface area contributed by atoms with E-state index in [1.807, 2.05) is 0 Å². The number of nitrogens with zero attached hydrogens (tertiary/aromatic N) is 1. The van der Waals surface area contributed by atoms with Crippen molar-refractivity contribution in [3.05, 3.63) is 24.3 Å². The first kappa shape index (κ1) is 12.0. The van der Waals surface area contributed by atoms with Crippen LogP contribution in [0.25, 0.3) is 10.2 Å². The Labute approximate surface area is 102 Å². The van der Waals surface area contributed by atoms with Gasteiger partial charge in [-0.25, -0.2) is 13.4 Å². The van der Waals surface area contributed by atoms with Crippen molar-refractivity contribution in [1.29, 1.82) is 0 Å². The Morgan fingerprint density at radius 3 is 2.65 bits per heavy atom. The fourth-order valence-electron chi connectivity index (χ4n) is 1.28. The minimum absolute atomic E-state index is 0.0648. The van der Waals surface area contributed by atoms with E-state index in [0.717, 1.165) is 16.0 Å². The van der Waals surface area contributed by atoms with E-state index in [0.29, 0.717) is 5.52 Å². The average Bonchev–Trinajstić information content (AvgIpc) is 2.71. The van der Waals surface area contributed by atoms with E-state index < -0.39 is 21.0 Å². The van der Waals surface area contributed by atoms with Crippen LogP contribution >= 0.6 is 11.3 Å². The number of aromatic nitrogens is 1. The van der Waals surface area contributed by atoms with Crippen molar-refractivity contribution in [2.24, 2.45) is 5.73 Å². The highest BCUT2D eigenvalue weighted by atomic mass is 32.2. The van der Waals surface area contributed by atoms with Crippen LogP contribution in [-0.4, -0.2) is 24.6 Å². The summed E-state index contributed by atoms with van der Waals surface area (Å²) in [5.41, 5.74) is 5.62. The molecule has 5 nitrogen and oxygen atoms in total. The quantitative estimate of drug-likeness (QED) is 0.898. The third-order valence-electron chi connectivity index (χ3n) is 2.38. The number of carbonyl (C=O) groups is 1. The summed E-state index contributed by atoms with van der Waals surface area (Å²) >= 11 is 1.04. The summed E-state index contributed by atoms with van der Waals surface area (Å²) < 4.78 is 24.7. The van der Waals surface area contributed by atoms with Crippen molar-refractivity contribution in [1.82, 2.24) is 4.98 Å². The van der Waals surface area contributed by atoms with Gasteiger partial charge in [0, 0.05) is 0 Å². The van der Waals surface area contributed by atoms with Gasteiger partial charge < -0.3 is 5.73 Å². The Bertz CT molecular complexity index is 643. The molecule has 0 saturated carbocycles. The second-order valence-electron chi connectivity index (χ2n) is 3.54. The van der Waals surface area contributed by atoms with Gasteiger partial charge in [0.2, 0.25) is 20.1 Å². The van der Waals surface area contributed by atoms with Crippen molar-refractivity contribution in [2.75, 3.05) is 0 Å². The van der Waals surface area contributed by atoms with E-state index in [9.17, 15) is 13.2 Å². The molecule has 0 unspecified atom stereocenters. The molecule has 1 atom stereocenters. The molecular weight excluding hydrogens is 260 g/mol. The monoisotopic (exact) mass is 270 g/mol. The van der Waals surface area contributed by atoms with Crippen LogP contribution in [0.3, 0.4) is 0 Å². The Hall–Kier alpha value is -1.47. The lowest BCUT2D eigenvalue weighted by Gasteiger charge is -2.05. The lowest BCUT2D eigenvalue weighted by molar-refractivity contribution is -0.117. The van der Waals surface area contributed by atoms with Crippen LogP contribution in [0.15, 0.2) is 28.6 Å². The van der Waals surface area contributed by atoms with Crippen molar-refractivity contribution in [3.8, 4) is 0 Å². The zero-order valence-electron chi connectivity index (χ0n) is 8.95. The highest BCUT2D eigenvalue weighted by Crippen LogP contribution is 2.27. The molecule has 0 fully saturated rings. The van der Waals surface area contributed by atoms with E-state index in [-0.39, 0.29) is 4.34 Å². The van der Waals surface area contributed by atoms with Crippen LogP contribution in [0.5, 0.6) is 0 Å². The molecule has 0 bridgehead atoms. The summed E-state index contributed by atoms with van der Waals surface area (Å²) in [6.45, 7) is 1.27. The summed E-state index contributed by atoms with van der Waals surface area (Å²) in [7, 11) is -3.77. The minimum Gasteiger partial charge on any atom is -0.369 e. The van der Waals surface area contributed by atoms with E-state index in [2.05, 4.69) is 4.98 Å². The molecule has 2 N–H and O–H groups in total. The standard InChI is InChI=1S/C10H10N2O3S2/c1-6(9(11)13)17(14,15)10-12-7-4-2-3-5-8(7)16-10/h2-6H,1H3,(H2,11,13)/t6-/m0/s1. The number of thiazole rings is 1. The summed E-state index contributed by atoms with van der Waals surface area (Å²) in [6.07, 6.45) is 0. The van der Waals surface area contributed by atoms with Crippen LogP contribution in [0.2, 0.25) is 0 Å². The van der Waals surface area contributed by atoms with Gasteiger partial charge in [-0.1, -0.05) is 12.1 Å². The minimum atomic E-state index is -3.77. The lowest BCUT2D eigenvalue weighted by Crippen LogP contribution is -2.33. The lowest BCUT2D eigenvalue weighted by atomic mass is 10.3. The third-order valence-corrected chi connectivity index (χ3v) is 5.90. The third kappa shape index (κ3) is 2.03. The summed E-state index contributed by atoms with van der Waals surface area (Å²) in [5.74, 6) is -0.871. The van der Waals surface area contributed by atoms with Crippen LogP contribution in [0.1, 0.15) is 6.92 Å². The van der Waals surface area contributed by atoms with Crippen LogP contribution in [0, 0.1) is 0 Å². The van der Waals surface area contributed by atoms with Gasteiger partial charge in [-0.2, -0.15) is 0 Å². The number of amides is 1. The highest BCUT2D eigenvalue weighted by molar-refractivity contribution is 7.94. The molecule has 1 aromatic carbocycles. The number of rotatable bonds is 3. The molecule has 2 rings (SSSR count). The number of fused-ring (bicyclic) bond motifs is 1. The highest BCUT2D eigenvalue weighted by Gasteiger charge is 2.30. The van der Waals surface area contributed by atoms with Crippen LogP contribution < -0.4 is 5.73 Å². The number of benzene rings is 1. The smallest absolute Gasteiger partial charge is 0.235 e. The molecule has 0 radical (unpaired) electrons. The van der Waals surface area contributed by atoms with Crippen LogP contribution in [-0.2, 0) is 14.6 Å². The molecule has 2 aromatic rings. The zero-order valence-corrected chi connectivity index (χ0v) is 10.6. The maximum atomic E-state index is 12.0. The maximum absolute atomic E-state index is 12.0. The molecular formula is C10H10N2O3S2. The molecule has 0 aliphatic heterocycles. The molecule has 90 valence electrons. The van der Waals surface area contributed by atoms with Gasteiger partial charge in [0.15, 0.2) is 0 Å². The Morgan fingerprint density at radius 1 is 1.41 bits per heavy atom. The fourth-order valence-corrected chi connectivity index (χ4v) is 3.97. The number of sulfone groups is 1. The first-order valence-electron chi connectivity index (χ1n) is 4.81. The predicted molar refractivity (Wildman–Crippen MR) is 65.5 cm³/mol. The van der Waals surface area contributed by atoms with Crippen molar-refractivity contribution in [3.63, 3.8) is 0 Å². The van der Waals surface area contributed by atoms with Gasteiger partial charge in [-0.15, -0.1) is 11.3 Å². The SMILES string of the molecule is C[C@@H](C(N)=O)S(=O)(=O)c1nc2ccccc2s1. The molecule has 0 aliphatic rings. The van der Waals surface area contributed by atoms with Crippen molar-refractivity contribution >= 4 is 37.3 Å². The van der Waals surface area contributed by atoms with E-state index in [1.165, 1.54) is 6.92 Å². The maximum Gasteiger partial charge on any atom is 0.235 e. The zero-order chi connectivity index (χ0) is 12.6. The molecule has 1 amide bonds. The van der Waals surface area contributed by atoms with Gasteiger partial charge in [0.1, 0.15) is 5.25 Å². The normalized spacial score (nSPS) is 13.7. The van der Waals surface area contributed by atoms with Crippen molar-refractivity contribution in [2.45, 2.75) is 16.5 Å². The van der Waals surface area contributed by atoms with E-state index >= 15 is 0 Å². The number of hydrogen-bond acceptors (Lipinski definition) is 5. The molecule has 1 aromatic heterocycles. The number of para-hydroxylation sites is 1. The van der Waals surface area contributed by atoms with E-state index in [1.54, 1.807) is 24.3 Å². The molecule has 17 heavy (non-hydrogen) atoms. The van der Waals surface area contributed by atoms with Gasteiger partial charge in [0.05, 0.1) is 10.2 Å². The van der Waals surface area contributed by atoms with Gasteiger partial charge >= 0.3 is 0 Å². The largest absolute Gasteiger partial charge is 0.369 e. The Morgan fingerprint density at radius 2 is 2.06 bits per heavy atom. The Kier molecular flexibility index (Phi) is 2.88. The van der Waals surface area contributed by atoms with Crippen LogP contribution in [0.4, 0.5) is 0 Å². The first-order valence-corrected chi connectivity index (χ1v) is 7.18. The first-order chi connectivity index (χ1) is 7.93. The Balaban J connectivity index is 2.57. The average molecular weight is 270 g/mol. The van der Waals surface area contributed by atoms with Gasteiger partial charge in [-0.3, -0.25) is 4.79 Å². The molecule has 0 saturated heterocycles. The summed E-state index contributed by atoms with van der Waals surface area (Å²) in [5, 5.41) is -1.26. The number of nitrogens with two attached hydrogens (primary N) is 1. The number of hydrogen-bond donors (Lipinski definition) is 1. The second-order valence-corrected chi connectivity index (χ2v) is 7.01. The molecule has 0 aliphatic carbocycles. The topological polar surface area (TPSA) is 90.1 Å². The number of carbonyl (C=O) groups excluding carboxylic acids is 1.